The van der Waals surface area contributed by atoms with Crippen LogP contribution < -0.4 is 0 Å². The molecule has 2 heterocycles. The Hall–Kier alpha value is -1.21. The summed E-state index contributed by atoms with van der Waals surface area (Å²) in [6.07, 6.45) is 0. The number of likely N-dealkylation sites (tertiary alicyclic amines) is 1. The van der Waals surface area contributed by atoms with E-state index in [0.717, 1.165) is 19.6 Å². The number of rotatable bonds is 4. The van der Waals surface area contributed by atoms with Gasteiger partial charge in [0.25, 0.3) is 5.91 Å². The molecule has 132 valence electrons. The molecule has 1 aromatic carbocycles. The van der Waals surface area contributed by atoms with Gasteiger partial charge in [-0.05, 0) is 24.1 Å². The summed E-state index contributed by atoms with van der Waals surface area (Å²) in [4.78, 5) is 16.6. The highest BCUT2D eigenvalue weighted by Crippen LogP contribution is 2.27. The average Bonchev–Trinajstić information content (AvgIpc) is 3.00. The van der Waals surface area contributed by atoms with Crippen molar-refractivity contribution in [3.8, 4) is 0 Å². The Kier molecular flexibility index (Phi) is 5.71. The van der Waals surface area contributed by atoms with Crippen LogP contribution in [0.2, 0.25) is 5.02 Å². The SMILES string of the molecule is O=C(c1cc(Cl)ccc1F)N1C[C@@H](CO)[C@@H](CN2CCOCC2)C1. The molecule has 0 aromatic heterocycles. The van der Waals surface area contributed by atoms with E-state index >= 15 is 0 Å². The van der Waals surface area contributed by atoms with Crippen molar-refractivity contribution in [1.82, 2.24) is 9.80 Å². The van der Waals surface area contributed by atoms with Crippen LogP contribution in [0.1, 0.15) is 10.4 Å². The van der Waals surface area contributed by atoms with Gasteiger partial charge in [-0.25, -0.2) is 4.39 Å². The molecule has 0 saturated carbocycles. The summed E-state index contributed by atoms with van der Waals surface area (Å²) in [6, 6.07) is 4.00. The summed E-state index contributed by atoms with van der Waals surface area (Å²) in [5, 5.41) is 9.99. The van der Waals surface area contributed by atoms with E-state index in [9.17, 15) is 14.3 Å². The molecule has 1 aromatic rings. The van der Waals surface area contributed by atoms with Gasteiger partial charge in [-0.15, -0.1) is 0 Å². The van der Waals surface area contributed by atoms with Crippen molar-refractivity contribution < 1.29 is 19.0 Å². The quantitative estimate of drug-likeness (QED) is 0.888. The van der Waals surface area contributed by atoms with Crippen LogP contribution in [0.5, 0.6) is 0 Å². The molecule has 1 amide bonds. The van der Waals surface area contributed by atoms with Gasteiger partial charge in [-0.2, -0.15) is 0 Å². The summed E-state index contributed by atoms with van der Waals surface area (Å²) >= 11 is 5.89. The smallest absolute Gasteiger partial charge is 0.256 e. The Labute approximate surface area is 145 Å². The first-order valence-corrected chi connectivity index (χ1v) is 8.61. The van der Waals surface area contributed by atoms with Crippen LogP contribution in [-0.2, 0) is 4.74 Å². The number of halogens is 2. The summed E-state index contributed by atoms with van der Waals surface area (Å²) in [5.74, 6) is -0.738. The second-order valence-corrected chi connectivity index (χ2v) is 6.89. The monoisotopic (exact) mass is 356 g/mol. The molecule has 24 heavy (non-hydrogen) atoms. The maximum Gasteiger partial charge on any atom is 0.256 e. The molecular weight excluding hydrogens is 335 g/mol. The third kappa shape index (κ3) is 3.88. The van der Waals surface area contributed by atoms with E-state index in [0.29, 0.717) is 31.3 Å². The molecule has 3 rings (SSSR count). The highest BCUT2D eigenvalue weighted by atomic mass is 35.5. The Morgan fingerprint density at radius 3 is 2.71 bits per heavy atom. The number of hydrogen-bond acceptors (Lipinski definition) is 4. The molecule has 7 heteroatoms. The number of nitrogens with zero attached hydrogens (tertiary/aromatic N) is 2. The number of carbonyl (C=O) groups excluding carboxylic acids is 1. The predicted octanol–water partition coefficient (Wildman–Crippen LogP) is 1.49. The Morgan fingerprint density at radius 2 is 2.00 bits per heavy atom. The summed E-state index contributed by atoms with van der Waals surface area (Å²) in [6.45, 7) is 4.97. The fourth-order valence-corrected chi connectivity index (χ4v) is 3.64. The number of amides is 1. The number of aliphatic hydroxyl groups is 1. The van der Waals surface area contributed by atoms with Crippen molar-refractivity contribution in [1.29, 1.82) is 0 Å². The number of ether oxygens (including phenoxy) is 1. The van der Waals surface area contributed by atoms with Crippen molar-refractivity contribution in [3.05, 3.63) is 34.6 Å². The van der Waals surface area contributed by atoms with Crippen molar-refractivity contribution in [2.75, 3.05) is 52.5 Å². The van der Waals surface area contributed by atoms with E-state index in [2.05, 4.69) is 4.90 Å². The second kappa shape index (κ2) is 7.78. The highest BCUT2D eigenvalue weighted by molar-refractivity contribution is 6.31. The molecule has 2 saturated heterocycles. The summed E-state index contributed by atoms with van der Waals surface area (Å²) in [7, 11) is 0. The Bertz CT molecular complexity index is 595. The molecule has 2 aliphatic rings. The molecule has 1 N–H and O–H groups in total. The van der Waals surface area contributed by atoms with Gasteiger partial charge in [-0.3, -0.25) is 9.69 Å². The van der Waals surface area contributed by atoms with Crippen LogP contribution in [0, 0.1) is 17.7 Å². The lowest BCUT2D eigenvalue weighted by molar-refractivity contribution is 0.0264. The zero-order chi connectivity index (χ0) is 17.1. The number of carbonyl (C=O) groups is 1. The molecule has 5 nitrogen and oxygen atoms in total. The molecule has 2 atom stereocenters. The summed E-state index contributed by atoms with van der Waals surface area (Å²) in [5.41, 5.74) is -0.00814. The van der Waals surface area contributed by atoms with Gasteiger partial charge < -0.3 is 14.7 Å². The largest absolute Gasteiger partial charge is 0.396 e. The van der Waals surface area contributed by atoms with E-state index in [-0.39, 0.29) is 29.9 Å². The zero-order valence-corrected chi connectivity index (χ0v) is 14.2. The van der Waals surface area contributed by atoms with E-state index in [1.165, 1.54) is 18.2 Å². The van der Waals surface area contributed by atoms with Crippen LogP contribution in [0.15, 0.2) is 18.2 Å². The van der Waals surface area contributed by atoms with Crippen LogP contribution in [0.25, 0.3) is 0 Å². The maximum atomic E-state index is 13.9. The van der Waals surface area contributed by atoms with Gasteiger partial charge in [-0.1, -0.05) is 11.6 Å². The van der Waals surface area contributed by atoms with Crippen molar-refractivity contribution in [2.24, 2.45) is 11.8 Å². The van der Waals surface area contributed by atoms with Crippen LogP contribution in [0.3, 0.4) is 0 Å². The van der Waals surface area contributed by atoms with Crippen molar-refractivity contribution >= 4 is 17.5 Å². The third-order valence-corrected chi connectivity index (χ3v) is 5.09. The van der Waals surface area contributed by atoms with Gasteiger partial charge in [0.2, 0.25) is 0 Å². The molecule has 0 radical (unpaired) electrons. The van der Waals surface area contributed by atoms with Gasteiger partial charge in [0.05, 0.1) is 18.8 Å². The minimum atomic E-state index is -0.568. The first kappa shape index (κ1) is 17.6. The van der Waals surface area contributed by atoms with E-state index in [1.807, 2.05) is 0 Å². The lowest BCUT2D eigenvalue weighted by Gasteiger charge is -2.30. The predicted molar refractivity (Wildman–Crippen MR) is 88.6 cm³/mol. The fourth-order valence-electron chi connectivity index (χ4n) is 3.47. The topological polar surface area (TPSA) is 53.0 Å². The van der Waals surface area contributed by atoms with Gasteiger partial charge >= 0.3 is 0 Å². The van der Waals surface area contributed by atoms with E-state index < -0.39 is 5.82 Å². The molecule has 0 spiro atoms. The van der Waals surface area contributed by atoms with Crippen LogP contribution in [-0.4, -0.2) is 73.4 Å². The number of morpholine rings is 1. The number of aliphatic hydroxyl groups excluding tert-OH is 1. The lowest BCUT2D eigenvalue weighted by atomic mass is 9.96. The third-order valence-electron chi connectivity index (χ3n) is 4.85. The molecule has 2 aliphatic heterocycles. The van der Waals surface area contributed by atoms with Gasteiger partial charge in [0, 0.05) is 50.3 Å². The number of hydrogen-bond donors (Lipinski definition) is 1. The van der Waals surface area contributed by atoms with Crippen LogP contribution >= 0.6 is 11.6 Å². The van der Waals surface area contributed by atoms with Gasteiger partial charge in [0.1, 0.15) is 5.82 Å². The standard InChI is InChI=1S/C17H22ClFN2O3/c18-14-1-2-16(19)15(7-14)17(23)21-9-12(13(10-21)11-22)8-20-3-5-24-6-4-20/h1-2,7,12-13,22H,3-6,8-11H2/t12-,13-/m0/s1. The van der Waals surface area contributed by atoms with Crippen molar-refractivity contribution in [3.63, 3.8) is 0 Å². The minimum absolute atomic E-state index is 0.00814. The maximum absolute atomic E-state index is 13.9. The van der Waals surface area contributed by atoms with E-state index in [1.54, 1.807) is 4.90 Å². The molecule has 0 unspecified atom stereocenters. The molecule has 2 fully saturated rings. The average molecular weight is 357 g/mol. The summed E-state index contributed by atoms with van der Waals surface area (Å²) < 4.78 is 19.3. The molecular formula is C17H22ClFN2O3. The lowest BCUT2D eigenvalue weighted by Crippen LogP contribution is -2.41. The van der Waals surface area contributed by atoms with Crippen LogP contribution in [0.4, 0.5) is 4.39 Å². The van der Waals surface area contributed by atoms with Crippen molar-refractivity contribution in [2.45, 2.75) is 0 Å². The second-order valence-electron chi connectivity index (χ2n) is 6.45. The Balaban J connectivity index is 1.68. The zero-order valence-electron chi connectivity index (χ0n) is 13.5. The Morgan fingerprint density at radius 1 is 1.29 bits per heavy atom. The van der Waals surface area contributed by atoms with E-state index in [4.69, 9.17) is 16.3 Å². The molecule has 0 bridgehead atoms. The minimum Gasteiger partial charge on any atom is -0.396 e. The first-order chi connectivity index (χ1) is 11.6. The van der Waals surface area contributed by atoms with Gasteiger partial charge in [0.15, 0.2) is 0 Å². The molecule has 0 aliphatic carbocycles. The number of benzene rings is 1. The first-order valence-electron chi connectivity index (χ1n) is 8.23. The highest BCUT2D eigenvalue weighted by Gasteiger charge is 2.36. The fraction of sp³-hybridized carbons (Fsp3) is 0.588. The normalized spacial score (nSPS) is 25.2.